The van der Waals surface area contributed by atoms with Gasteiger partial charge in [0.1, 0.15) is 6.54 Å². The SMILES string of the molecule is Nc1cnn(CC(=O)Nc2cn[nH]c2)n1. The lowest BCUT2D eigenvalue weighted by molar-refractivity contribution is -0.117. The Morgan fingerprint density at radius 1 is 1.60 bits per heavy atom. The Morgan fingerprint density at radius 3 is 3.07 bits per heavy atom. The van der Waals surface area contributed by atoms with Gasteiger partial charge in [0.05, 0.1) is 18.1 Å². The van der Waals surface area contributed by atoms with E-state index in [1.54, 1.807) is 6.20 Å². The maximum Gasteiger partial charge on any atom is 0.248 e. The summed E-state index contributed by atoms with van der Waals surface area (Å²) < 4.78 is 0. The highest BCUT2D eigenvalue weighted by Gasteiger charge is 2.05. The molecule has 0 bridgehead atoms. The molecule has 8 nitrogen and oxygen atoms in total. The molecule has 0 spiro atoms. The minimum Gasteiger partial charge on any atom is -0.381 e. The van der Waals surface area contributed by atoms with Crippen LogP contribution >= 0.6 is 0 Å². The lowest BCUT2D eigenvalue weighted by Crippen LogP contribution is -2.20. The Labute approximate surface area is 84.5 Å². The molecule has 0 radical (unpaired) electrons. The van der Waals surface area contributed by atoms with Gasteiger partial charge in [-0.15, -0.1) is 5.10 Å². The molecule has 1 amide bonds. The van der Waals surface area contributed by atoms with Crippen LogP contribution in [0.2, 0.25) is 0 Å². The van der Waals surface area contributed by atoms with Crippen LogP contribution in [0.3, 0.4) is 0 Å². The molecule has 0 saturated carbocycles. The second-order valence-electron chi connectivity index (χ2n) is 2.83. The highest BCUT2D eigenvalue weighted by atomic mass is 16.2. The molecule has 0 unspecified atom stereocenters. The van der Waals surface area contributed by atoms with E-state index in [1.807, 2.05) is 0 Å². The highest BCUT2D eigenvalue weighted by Crippen LogP contribution is 2.00. The number of hydrogen-bond acceptors (Lipinski definition) is 5. The van der Waals surface area contributed by atoms with Crippen molar-refractivity contribution in [2.24, 2.45) is 0 Å². The molecular weight excluding hydrogens is 198 g/mol. The number of rotatable bonds is 3. The first-order chi connectivity index (χ1) is 7.24. The molecule has 2 heterocycles. The first kappa shape index (κ1) is 9.19. The summed E-state index contributed by atoms with van der Waals surface area (Å²) in [6.45, 7) is 0.0162. The van der Waals surface area contributed by atoms with Crippen LogP contribution in [0.4, 0.5) is 11.5 Å². The fraction of sp³-hybridized carbons (Fsp3) is 0.143. The van der Waals surface area contributed by atoms with Crippen LogP contribution in [0.25, 0.3) is 0 Å². The van der Waals surface area contributed by atoms with E-state index in [9.17, 15) is 4.79 Å². The molecule has 2 aromatic heterocycles. The summed E-state index contributed by atoms with van der Waals surface area (Å²) in [6, 6.07) is 0. The molecule has 15 heavy (non-hydrogen) atoms. The fourth-order valence-corrected chi connectivity index (χ4v) is 1.04. The summed E-state index contributed by atoms with van der Waals surface area (Å²) in [6.07, 6.45) is 4.46. The third-order valence-electron chi connectivity index (χ3n) is 1.62. The number of amides is 1. The first-order valence-corrected chi connectivity index (χ1v) is 4.18. The van der Waals surface area contributed by atoms with Crippen molar-refractivity contribution in [3.63, 3.8) is 0 Å². The second-order valence-corrected chi connectivity index (χ2v) is 2.83. The number of nitrogens with one attached hydrogen (secondary N) is 2. The van der Waals surface area contributed by atoms with Crippen LogP contribution in [0.1, 0.15) is 0 Å². The van der Waals surface area contributed by atoms with Gasteiger partial charge in [-0.3, -0.25) is 9.89 Å². The topological polar surface area (TPSA) is 115 Å². The summed E-state index contributed by atoms with van der Waals surface area (Å²) in [5, 5.41) is 16.4. The number of hydrogen-bond donors (Lipinski definition) is 3. The number of H-pyrrole nitrogens is 1. The monoisotopic (exact) mass is 207 g/mol. The average Bonchev–Trinajstić information content (AvgIpc) is 2.77. The molecule has 0 aliphatic heterocycles. The van der Waals surface area contributed by atoms with Crippen molar-refractivity contribution in [3.8, 4) is 0 Å². The molecule has 2 aromatic rings. The van der Waals surface area contributed by atoms with E-state index >= 15 is 0 Å². The van der Waals surface area contributed by atoms with Crippen molar-refractivity contribution >= 4 is 17.4 Å². The number of carbonyl (C=O) groups excluding carboxylic acids is 1. The van der Waals surface area contributed by atoms with Gasteiger partial charge in [-0.1, -0.05) is 0 Å². The quantitative estimate of drug-likeness (QED) is 0.610. The molecule has 0 aliphatic carbocycles. The van der Waals surface area contributed by atoms with Crippen molar-refractivity contribution in [1.82, 2.24) is 25.2 Å². The Hall–Kier alpha value is -2.38. The molecule has 8 heteroatoms. The minimum atomic E-state index is -0.244. The zero-order valence-corrected chi connectivity index (χ0v) is 7.71. The predicted molar refractivity (Wildman–Crippen MR) is 51.7 cm³/mol. The number of anilines is 2. The van der Waals surface area contributed by atoms with Gasteiger partial charge in [0.2, 0.25) is 5.91 Å². The number of nitrogens with zero attached hydrogens (tertiary/aromatic N) is 4. The van der Waals surface area contributed by atoms with E-state index in [4.69, 9.17) is 5.73 Å². The number of aromatic amines is 1. The standard InChI is InChI=1S/C7H9N7O/c8-6-3-11-14(13-6)4-7(15)12-5-1-9-10-2-5/h1-3H,4H2,(H2,8,13)(H,9,10)(H,12,15). The molecule has 2 rings (SSSR count). The van der Waals surface area contributed by atoms with E-state index in [0.717, 1.165) is 0 Å². The van der Waals surface area contributed by atoms with Crippen LogP contribution < -0.4 is 11.1 Å². The smallest absolute Gasteiger partial charge is 0.248 e. The summed E-state index contributed by atoms with van der Waals surface area (Å²) in [5.41, 5.74) is 5.95. The van der Waals surface area contributed by atoms with Crippen LogP contribution in [0.5, 0.6) is 0 Å². The number of aromatic nitrogens is 5. The molecule has 0 aliphatic rings. The Bertz CT molecular complexity index is 446. The molecule has 78 valence electrons. The summed E-state index contributed by atoms with van der Waals surface area (Å²) >= 11 is 0. The molecule has 4 N–H and O–H groups in total. The van der Waals surface area contributed by atoms with Crippen molar-refractivity contribution < 1.29 is 4.79 Å². The third-order valence-corrected chi connectivity index (χ3v) is 1.62. The van der Waals surface area contributed by atoms with Gasteiger partial charge in [0.25, 0.3) is 0 Å². The van der Waals surface area contributed by atoms with Crippen LogP contribution in [-0.2, 0) is 11.3 Å². The van der Waals surface area contributed by atoms with E-state index in [1.165, 1.54) is 17.2 Å². The zero-order valence-electron chi connectivity index (χ0n) is 7.71. The number of nitrogens with two attached hydrogens (primary N) is 1. The molecule has 0 aromatic carbocycles. The lowest BCUT2D eigenvalue weighted by atomic mass is 10.5. The molecule has 0 saturated heterocycles. The Kier molecular flexibility index (Phi) is 2.31. The van der Waals surface area contributed by atoms with Crippen molar-refractivity contribution in [3.05, 3.63) is 18.6 Å². The fourth-order valence-electron chi connectivity index (χ4n) is 1.04. The van der Waals surface area contributed by atoms with Crippen molar-refractivity contribution in [1.29, 1.82) is 0 Å². The largest absolute Gasteiger partial charge is 0.381 e. The van der Waals surface area contributed by atoms with E-state index in [0.29, 0.717) is 5.69 Å². The van der Waals surface area contributed by atoms with Crippen LogP contribution in [0, 0.1) is 0 Å². The van der Waals surface area contributed by atoms with Gasteiger partial charge >= 0.3 is 0 Å². The van der Waals surface area contributed by atoms with Gasteiger partial charge in [-0.2, -0.15) is 15.0 Å². The van der Waals surface area contributed by atoms with Crippen molar-refractivity contribution in [2.75, 3.05) is 11.1 Å². The number of nitrogen functional groups attached to an aromatic ring is 1. The lowest BCUT2D eigenvalue weighted by Gasteiger charge is -2.00. The zero-order chi connectivity index (χ0) is 10.7. The first-order valence-electron chi connectivity index (χ1n) is 4.18. The van der Waals surface area contributed by atoms with Gasteiger partial charge in [0, 0.05) is 6.20 Å². The molecule has 0 atom stereocenters. The summed E-state index contributed by atoms with van der Waals surface area (Å²) in [7, 11) is 0. The van der Waals surface area contributed by atoms with Gasteiger partial charge < -0.3 is 11.1 Å². The van der Waals surface area contributed by atoms with Crippen molar-refractivity contribution in [2.45, 2.75) is 6.54 Å². The third kappa shape index (κ3) is 2.30. The maximum absolute atomic E-state index is 11.4. The molecular formula is C7H9N7O. The van der Waals surface area contributed by atoms with Crippen LogP contribution in [0.15, 0.2) is 18.6 Å². The average molecular weight is 207 g/mol. The van der Waals surface area contributed by atoms with Gasteiger partial charge in [0.15, 0.2) is 5.82 Å². The second kappa shape index (κ2) is 3.78. The maximum atomic E-state index is 11.4. The summed E-state index contributed by atoms with van der Waals surface area (Å²) in [4.78, 5) is 12.6. The van der Waals surface area contributed by atoms with E-state index < -0.39 is 0 Å². The van der Waals surface area contributed by atoms with E-state index in [-0.39, 0.29) is 18.3 Å². The van der Waals surface area contributed by atoms with Gasteiger partial charge in [-0.05, 0) is 0 Å². The predicted octanol–water partition coefficient (Wildman–Crippen LogP) is -0.778. The minimum absolute atomic E-state index is 0.0162. The normalized spacial score (nSPS) is 10.1. The Morgan fingerprint density at radius 2 is 2.47 bits per heavy atom. The highest BCUT2D eigenvalue weighted by molar-refractivity contribution is 5.90. The van der Waals surface area contributed by atoms with Gasteiger partial charge in [-0.25, -0.2) is 0 Å². The van der Waals surface area contributed by atoms with E-state index in [2.05, 4.69) is 25.7 Å². The molecule has 0 fully saturated rings. The van der Waals surface area contributed by atoms with Crippen LogP contribution in [-0.4, -0.2) is 31.1 Å². The Balaban J connectivity index is 1.93. The summed E-state index contributed by atoms with van der Waals surface area (Å²) in [5.74, 6) is 0.0399. The number of carbonyl (C=O) groups is 1.